The molecule has 1 aromatic carbocycles. The molecule has 1 aliphatic rings. The summed E-state index contributed by atoms with van der Waals surface area (Å²) in [6.45, 7) is 4.66. The molecule has 1 aromatic rings. The maximum Gasteiger partial charge on any atom is 0.417 e. The van der Waals surface area contributed by atoms with Crippen molar-refractivity contribution >= 4 is 21.8 Å². The molecule has 0 spiro atoms. The molecule has 6 heteroatoms. The van der Waals surface area contributed by atoms with Crippen molar-refractivity contribution in [1.29, 1.82) is 0 Å². The third-order valence-electron chi connectivity index (χ3n) is 3.92. The summed E-state index contributed by atoms with van der Waals surface area (Å²) in [6, 6.07) is 3.70. The molecule has 1 aliphatic heterocycles. The number of alkyl halides is 3. The Kier molecular flexibility index (Phi) is 4.66. The molecule has 0 aromatic heterocycles. The first-order chi connectivity index (χ1) is 9.70. The van der Waals surface area contributed by atoms with E-state index in [1.807, 2.05) is 6.92 Å². The Hall–Kier alpha value is -1.04. The van der Waals surface area contributed by atoms with Crippen molar-refractivity contribution in [3.8, 4) is 0 Å². The number of hydrogen-bond donors (Lipinski definition) is 0. The van der Waals surface area contributed by atoms with Crippen LogP contribution in [0.25, 0.3) is 0 Å². The largest absolute Gasteiger partial charge is 0.417 e. The van der Waals surface area contributed by atoms with E-state index >= 15 is 0 Å². The maximum absolute atomic E-state index is 12.9. The summed E-state index contributed by atoms with van der Waals surface area (Å²) in [7, 11) is 0. The van der Waals surface area contributed by atoms with Gasteiger partial charge in [-0.3, -0.25) is 4.79 Å². The van der Waals surface area contributed by atoms with Crippen molar-refractivity contribution in [3.63, 3.8) is 0 Å². The Bertz CT molecular complexity index is 544. The summed E-state index contributed by atoms with van der Waals surface area (Å²) >= 11 is 2.89. The predicted octanol–water partition coefficient (Wildman–Crippen LogP) is 4.73. The van der Waals surface area contributed by atoms with E-state index in [-0.39, 0.29) is 22.0 Å². The first kappa shape index (κ1) is 16.3. The summed E-state index contributed by atoms with van der Waals surface area (Å²) in [5.74, 6) is 0.215. The van der Waals surface area contributed by atoms with Crippen molar-refractivity contribution < 1.29 is 18.0 Å². The second kappa shape index (κ2) is 5.99. The lowest BCUT2D eigenvalue weighted by atomic mass is 9.92. The van der Waals surface area contributed by atoms with Gasteiger partial charge in [0.25, 0.3) is 5.91 Å². The molecular formula is C15H17BrF3NO. The molecule has 1 heterocycles. The van der Waals surface area contributed by atoms with Crippen molar-refractivity contribution in [2.24, 2.45) is 5.92 Å². The minimum Gasteiger partial charge on any atom is -0.336 e. The molecule has 2 rings (SSSR count). The normalized spacial score (nSPS) is 23.2. The standard InChI is InChI=1S/C15H17BrF3NO/c1-9-5-6-20(10(2)7-9)14(21)11-3-4-13(16)12(8-11)15(17,18)19/h3-4,8-10H,5-7H2,1-2H3. The van der Waals surface area contributed by atoms with Gasteiger partial charge in [-0.05, 0) is 43.9 Å². The van der Waals surface area contributed by atoms with Crippen molar-refractivity contribution in [2.45, 2.75) is 38.9 Å². The maximum atomic E-state index is 12.9. The fraction of sp³-hybridized carbons (Fsp3) is 0.533. The van der Waals surface area contributed by atoms with Crippen LogP contribution in [0.3, 0.4) is 0 Å². The van der Waals surface area contributed by atoms with E-state index in [9.17, 15) is 18.0 Å². The summed E-state index contributed by atoms with van der Waals surface area (Å²) in [6.07, 6.45) is -2.70. The number of carbonyl (C=O) groups excluding carboxylic acids is 1. The first-order valence-electron chi connectivity index (χ1n) is 6.88. The second-order valence-electron chi connectivity index (χ2n) is 5.67. The minimum atomic E-state index is -4.48. The third-order valence-corrected chi connectivity index (χ3v) is 4.61. The second-order valence-corrected chi connectivity index (χ2v) is 6.52. The van der Waals surface area contributed by atoms with Gasteiger partial charge in [-0.15, -0.1) is 0 Å². The number of amides is 1. The summed E-state index contributed by atoms with van der Waals surface area (Å²) in [5, 5.41) is 0. The van der Waals surface area contributed by atoms with E-state index in [1.165, 1.54) is 12.1 Å². The molecule has 2 nitrogen and oxygen atoms in total. The molecule has 2 unspecified atom stereocenters. The number of nitrogens with zero attached hydrogens (tertiary/aromatic N) is 1. The minimum absolute atomic E-state index is 0.0492. The van der Waals surface area contributed by atoms with Gasteiger partial charge in [0, 0.05) is 22.6 Å². The zero-order chi connectivity index (χ0) is 15.8. The van der Waals surface area contributed by atoms with Crippen LogP contribution >= 0.6 is 15.9 Å². The molecule has 21 heavy (non-hydrogen) atoms. The zero-order valence-electron chi connectivity index (χ0n) is 11.9. The van der Waals surface area contributed by atoms with Crippen LogP contribution in [-0.2, 0) is 6.18 Å². The van der Waals surface area contributed by atoms with Gasteiger partial charge in [-0.1, -0.05) is 22.9 Å². The lowest BCUT2D eigenvalue weighted by Gasteiger charge is -2.36. The molecule has 0 bridgehead atoms. The molecule has 0 aliphatic carbocycles. The van der Waals surface area contributed by atoms with E-state index < -0.39 is 11.7 Å². The first-order valence-corrected chi connectivity index (χ1v) is 7.67. The molecule has 0 radical (unpaired) electrons. The van der Waals surface area contributed by atoms with E-state index in [1.54, 1.807) is 4.90 Å². The predicted molar refractivity (Wildman–Crippen MR) is 78.0 cm³/mol. The Morgan fingerprint density at radius 2 is 2.00 bits per heavy atom. The van der Waals surface area contributed by atoms with Gasteiger partial charge in [-0.25, -0.2) is 0 Å². The van der Waals surface area contributed by atoms with Gasteiger partial charge in [0.15, 0.2) is 0 Å². The van der Waals surface area contributed by atoms with Gasteiger partial charge in [0.05, 0.1) is 5.56 Å². The topological polar surface area (TPSA) is 20.3 Å². The van der Waals surface area contributed by atoms with Crippen LogP contribution in [0.5, 0.6) is 0 Å². The SMILES string of the molecule is CC1CCN(C(=O)c2ccc(Br)c(C(F)(F)F)c2)C(C)C1. The highest BCUT2D eigenvalue weighted by Gasteiger charge is 2.34. The number of piperidine rings is 1. The van der Waals surface area contributed by atoms with Gasteiger partial charge in [-0.2, -0.15) is 13.2 Å². The summed E-state index contributed by atoms with van der Waals surface area (Å²) < 4.78 is 38.7. The van der Waals surface area contributed by atoms with Crippen molar-refractivity contribution in [2.75, 3.05) is 6.54 Å². The quantitative estimate of drug-likeness (QED) is 0.706. The number of carbonyl (C=O) groups is 1. The lowest BCUT2D eigenvalue weighted by molar-refractivity contribution is -0.138. The van der Waals surface area contributed by atoms with Crippen LogP contribution in [0.1, 0.15) is 42.6 Å². The zero-order valence-corrected chi connectivity index (χ0v) is 13.5. The van der Waals surface area contributed by atoms with Crippen LogP contribution < -0.4 is 0 Å². The summed E-state index contributed by atoms with van der Waals surface area (Å²) in [4.78, 5) is 14.1. The molecule has 1 amide bonds. The lowest BCUT2D eigenvalue weighted by Crippen LogP contribution is -2.44. The van der Waals surface area contributed by atoms with Crippen molar-refractivity contribution in [1.82, 2.24) is 4.90 Å². The fourth-order valence-electron chi connectivity index (χ4n) is 2.75. The Balaban J connectivity index is 2.28. The van der Waals surface area contributed by atoms with Crippen LogP contribution in [0.15, 0.2) is 22.7 Å². The fourth-order valence-corrected chi connectivity index (χ4v) is 3.22. The van der Waals surface area contributed by atoms with Crippen LogP contribution in [-0.4, -0.2) is 23.4 Å². The van der Waals surface area contributed by atoms with E-state index in [0.29, 0.717) is 12.5 Å². The highest BCUT2D eigenvalue weighted by molar-refractivity contribution is 9.10. The van der Waals surface area contributed by atoms with E-state index in [4.69, 9.17) is 0 Å². The Labute approximate surface area is 130 Å². The van der Waals surface area contributed by atoms with Gasteiger partial charge in [0.2, 0.25) is 0 Å². The monoisotopic (exact) mass is 363 g/mol. The third kappa shape index (κ3) is 3.59. The van der Waals surface area contributed by atoms with Gasteiger partial charge >= 0.3 is 6.18 Å². The average Bonchev–Trinajstić information content (AvgIpc) is 2.37. The number of benzene rings is 1. The molecule has 0 saturated carbocycles. The Morgan fingerprint density at radius 3 is 2.57 bits per heavy atom. The van der Waals surface area contributed by atoms with Crippen LogP contribution in [0.2, 0.25) is 0 Å². The highest BCUT2D eigenvalue weighted by Crippen LogP contribution is 2.36. The molecule has 1 saturated heterocycles. The molecular weight excluding hydrogens is 347 g/mol. The number of hydrogen-bond acceptors (Lipinski definition) is 1. The molecule has 1 fully saturated rings. The number of likely N-dealkylation sites (tertiary alicyclic amines) is 1. The van der Waals surface area contributed by atoms with Crippen LogP contribution in [0.4, 0.5) is 13.2 Å². The van der Waals surface area contributed by atoms with Gasteiger partial charge < -0.3 is 4.90 Å². The molecule has 2 atom stereocenters. The van der Waals surface area contributed by atoms with E-state index in [0.717, 1.165) is 18.9 Å². The summed E-state index contributed by atoms with van der Waals surface area (Å²) in [5.41, 5.74) is -0.724. The molecule has 0 N–H and O–H groups in total. The number of rotatable bonds is 1. The van der Waals surface area contributed by atoms with Crippen molar-refractivity contribution in [3.05, 3.63) is 33.8 Å². The highest BCUT2D eigenvalue weighted by atomic mass is 79.9. The Morgan fingerprint density at radius 1 is 1.33 bits per heavy atom. The van der Waals surface area contributed by atoms with Crippen LogP contribution in [0, 0.1) is 5.92 Å². The van der Waals surface area contributed by atoms with Gasteiger partial charge in [0.1, 0.15) is 0 Å². The molecule has 116 valence electrons. The number of halogens is 4. The smallest absolute Gasteiger partial charge is 0.336 e. The van der Waals surface area contributed by atoms with E-state index in [2.05, 4.69) is 22.9 Å². The average molecular weight is 364 g/mol.